The number of carbonyl (C=O) groups excluding carboxylic acids is 1. The molecule has 47 heavy (non-hydrogen) atoms. The minimum Gasteiger partial charge on any atom is -0.491 e. The summed E-state index contributed by atoms with van der Waals surface area (Å²) in [4.78, 5) is 28.8. The first kappa shape index (κ1) is 34.2. The Balaban J connectivity index is 1.41. The van der Waals surface area contributed by atoms with Gasteiger partial charge in [-0.2, -0.15) is 0 Å². The summed E-state index contributed by atoms with van der Waals surface area (Å²) in [6.45, 7) is 9.36. The van der Waals surface area contributed by atoms with Crippen molar-refractivity contribution in [2.75, 3.05) is 65.2 Å². The van der Waals surface area contributed by atoms with Gasteiger partial charge in [0.15, 0.2) is 11.5 Å². The third-order valence-corrected chi connectivity index (χ3v) is 8.85. The number of rotatable bonds is 15. The van der Waals surface area contributed by atoms with Crippen molar-refractivity contribution in [1.29, 1.82) is 0 Å². The molecule has 0 saturated carbocycles. The van der Waals surface area contributed by atoms with Crippen LogP contribution in [0.5, 0.6) is 17.2 Å². The molecule has 0 bridgehead atoms. The Morgan fingerprint density at radius 1 is 0.894 bits per heavy atom. The average Bonchev–Trinajstić information content (AvgIpc) is 3.46. The molecule has 2 heterocycles. The van der Waals surface area contributed by atoms with E-state index in [1.807, 2.05) is 47.4 Å². The third kappa shape index (κ3) is 8.25. The molecule has 10 nitrogen and oxygen atoms in total. The number of likely N-dealkylation sites (tertiary alicyclic amines) is 1. The Labute approximate surface area is 276 Å². The van der Waals surface area contributed by atoms with Gasteiger partial charge < -0.3 is 34.1 Å². The number of methoxy groups -OCH3 is 1. The molecule has 2 aliphatic heterocycles. The maximum Gasteiger partial charge on any atom is 0.309 e. The van der Waals surface area contributed by atoms with Gasteiger partial charge in [-0.15, -0.1) is 0 Å². The van der Waals surface area contributed by atoms with Crippen LogP contribution in [0.15, 0.2) is 54.6 Å². The Bertz CT molecular complexity index is 1500. The van der Waals surface area contributed by atoms with Crippen LogP contribution in [-0.2, 0) is 31.9 Å². The number of carboxylic acids is 1. The number of carboxylic acid groups (broad SMARTS) is 1. The van der Waals surface area contributed by atoms with Gasteiger partial charge in [0.2, 0.25) is 5.91 Å². The largest absolute Gasteiger partial charge is 0.491 e. The Kier molecular flexibility index (Phi) is 11.7. The minimum atomic E-state index is -0.925. The summed E-state index contributed by atoms with van der Waals surface area (Å²) in [5.74, 6) is -0.401. The number of aliphatic carboxylic acids is 1. The quantitative estimate of drug-likeness (QED) is 0.209. The van der Waals surface area contributed by atoms with E-state index in [1.54, 1.807) is 7.11 Å². The number of ether oxygens (including phenoxy) is 5. The van der Waals surface area contributed by atoms with Gasteiger partial charge in [-0.05, 0) is 66.3 Å². The van der Waals surface area contributed by atoms with Crippen LogP contribution in [0.3, 0.4) is 0 Å². The molecule has 1 amide bonds. The van der Waals surface area contributed by atoms with E-state index in [2.05, 4.69) is 38.2 Å². The lowest BCUT2D eigenvalue weighted by Gasteiger charge is -2.27. The Morgan fingerprint density at radius 3 is 2.21 bits per heavy atom. The summed E-state index contributed by atoms with van der Waals surface area (Å²) >= 11 is 0. The van der Waals surface area contributed by atoms with Crippen molar-refractivity contribution >= 4 is 17.6 Å². The second-order valence-electron chi connectivity index (χ2n) is 12.0. The lowest BCUT2D eigenvalue weighted by Crippen LogP contribution is -2.35. The molecular formula is C37H46N2O8. The fourth-order valence-electron chi connectivity index (χ4n) is 6.67. The van der Waals surface area contributed by atoms with Crippen LogP contribution in [0.2, 0.25) is 0 Å². The van der Waals surface area contributed by atoms with E-state index in [0.717, 1.165) is 46.3 Å². The summed E-state index contributed by atoms with van der Waals surface area (Å²) in [5, 5.41) is 13.9. The number of hydrogen-bond acceptors (Lipinski definition) is 8. The van der Waals surface area contributed by atoms with Crippen LogP contribution in [0.4, 0.5) is 5.69 Å². The van der Waals surface area contributed by atoms with E-state index >= 15 is 0 Å². The fourth-order valence-corrected chi connectivity index (χ4v) is 6.67. The molecule has 0 aliphatic carbocycles. The Hall–Kier alpha value is -4.12. The van der Waals surface area contributed by atoms with Gasteiger partial charge in [-0.25, -0.2) is 0 Å². The molecule has 0 radical (unpaired) electrons. The molecule has 3 aromatic rings. The first-order valence-corrected chi connectivity index (χ1v) is 16.4. The molecule has 1 fully saturated rings. The van der Waals surface area contributed by atoms with Gasteiger partial charge in [-0.3, -0.25) is 14.5 Å². The van der Waals surface area contributed by atoms with E-state index < -0.39 is 23.8 Å². The highest BCUT2D eigenvalue weighted by molar-refractivity contribution is 5.94. The van der Waals surface area contributed by atoms with Gasteiger partial charge in [-0.1, -0.05) is 49.7 Å². The molecule has 3 aromatic carbocycles. The van der Waals surface area contributed by atoms with Gasteiger partial charge >= 0.3 is 5.97 Å². The first-order valence-electron chi connectivity index (χ1n) is 16.4. The number of benzene rings is 3. The van der Waals surface area contributed by atoms with Crippen LogP contribution in [0.25, 0.3) is 0 Å². The molecule has 5 rings (SSSR count). The number of nitrogens with one attached hydrogen (secondary N) is 1. The predicted octanol–water partition coefficient (Wildman–Crippen LogP) is 5.41. The Morgan fingerprint density at radius 2 is 1.55 bits per heavy atom. The van der Waals surface area contributed by atoms with Crippen molar-refractivity contribution in [2.45, 2.75) is 45.6 Å². The van der Waals surface area contributed by atoms with Crippen molar-refractivity contribution in [3.63, 3.8) is 0 Å². The van der Waals surface area contributed by atoms with E-state index in [-0.39, 0.29) is 12.5 Å². The number of hydrogen-bond donors (Lipinski definition) is 2. The zero-order chi connectivity index (χ0) is 33.3. The van der Waals surface area contributed by atoms with Crippen LogP contribution in [0, 0.1) is 12.8 Å². The fraction of sp³-hybridized carbons (Fsp3) is 0.459. The number of anilines is 1. The second kappa shape index (κ2) is 16.1. The molecule has 10 heteroatoms. The molecular weight excluding hydrogens is 600 g/mol. The lowest BCUT2D eigenvalue weighted by atomic mass is 9.82. The monoisotopic (exact) mass is 646 g/mol. The first-order chi connectivity index (χ1) is 22.8. The molecule has 0 spiro atoms. The normalized spacial score (nSPS) is 19.0. The third-order valence-electron chi connectivity index (χ3n) is 8.85. The highest BCUT2D eigenvalue weighted by Crippen LogP contribution is 2.47. The highest BCUT2D eigenvalue weighted by atomic mass is 16.6. The van der Waals surface area contributed by atoms with Crippen LogP contribution < -0.4 is 19.5 Å². The lowest BCUT2D eigenvalue weighted by molar-refractivity contribution is -0.143. The molecule has 2 N–H and O–H groups in total. The van der Waals surface area contributed by atoms with E-state index in [1.165, 1.54) is 0 Å². The summed E-state index contributed by atoms with van der Waals surface area (Å²) in [6, 6.07) is 16.8. The van der Waals surface area contributed by atoms with Gasteiger partial charge in [0.25, 0.3) is 0 Å². The zero-order valence-electron chi connectivity index (χ0n) is 27.8. The van der Waals surface area contributed by atoms with Crippen molar-refractivity contribution in [2.24, 2.45) is 5.92 Å². The minimum absolute atomic E-state index is 0.0345. The van der Waals surface area contributed by atoms with Gasteiger partial charge in [0, 0.05) is 31.3 Å². The topological polar surface area (TPSA) is 116 Å². The number of carbonyl (C=O) groups is 2. The van der Waals surface area contributed by atoms with Crippen LogP contribution >= 0.6 is 0 Å². The number of nitrogens with zero attached hydrogens (tertiary/aromatic N) is 1. The maximum atomic E-state index is 13.8. The number of aryl methyl sites for hydroxylation is 3. The van der Waals surface area contributed by atoms with Crippen molar-refractivity contribution in [3.8, 4) is 17.2 Å². The molecule has 0 aromatic heterocycles. The van der Waals surface area contributed by atoms with Crippen LogP contribution in [0.1, 0.15) is 53.6 Å². The van der Waals surface area contributed by atoms with Crippen molar-refractivity contribution < 1.29 is 38.4 Å². The SMILES string of the molecule is CCc1cc(C)cc(CC)c1NC(=O)CN1C[C@H](c2ccc3c(c2)OCCO3)C(C(=O)O)[C@@H]1c1ccc(OCCOCCOC)cc1. The smallest absolute Gasteiger partial charge is 0.309 e. The van der Waals surface area contributed by atoms with E-state index in [0.29, 0.717) is 63.4 Å². The van der Waals surface area contributed by atoms with Crippen molar-refractivity contribution in [3.05, 3.63) is 82.4 Å². The molecule has 2 aliphatic rings. The number of fused-ring (bicyclic) bond motifs is 1. The van der Waals surface area contributed by atoms with E-state index in [9.17, 15) is 14.7 Å². The van der Waals surface area contributed by atoms with Crippen LogP contribution in [-0.4, -0.2) is 81.7 Å². The number of amides is 1. The molecule has 3 atom stereocenters. The predicted molar refractivity (Wildman–Crippen MR) is 179 cm³/mol. The molecule has 252 valence electrons. The summed E-state index contributed by atoms with van der Waals surface area (Å²) in [7, 11) is 1.63. The van der Waals surface area contributed by atoms with Gasteiger partial charge in [0.1, 0.15) is 25.6 Å². The maximum absolute atomic E-state index is 13.8. The standard InChI is InChI=1S/C37H46N2O8/c1-5-25-19-24(3)20-26(6-2)35(25)38-33(40)23-39-22-30(28-9-12-31-32(21-28)47-18-17-46-31)34(37(41)42)36(39)27-7-10-29(11-8-27)45-16-15-44-14-13-43-4/h7-12,19-21,30,34,36H,5-6,13-18,22-23H2,1-4H3,(H,38,40)(H,41,42)/t30-,34?,36+/m1/s1. The molecule has 1 unspecified atom stereocenters. The van der Waals surface area contributed by atoms with E-state index in [4.69, 9.17) is 23.7 Å². The molecule has 1 saturated heterocycles. The van der Waals surface area contributed by atoms with Crippen molar-refractivity contribution in [1.82, 2.24) is 4.90 Å². The second-order valence-corrected chi connectivity index (χ2v) is 12.0. The average molecular weight is 647 g/mol. The zero-order valence-corrected chi connectivity index (χ0v) is 27.8. The summed E-state index contributed by atoms with van der Waals surface area (Å²) < 4.78 is 27.9. The highest BCUT2D eigenvalue weighted by Gasteiger charge is 2.48. The van der Waals surface area contributed by atoms with Gasteiger partial charge in [0.05, 0.1) is 32.3 Å². The summed E-state index contributed by atoms with van der Waals surface area (Å²) in [5.41, 5.74) is 5.83. The summed E-state index contributed by atoms with van der Waals surface area (Å²) in [6.07, 6.45) is 1.58.